The number of nitrogens with one attached hydrogen (secondary N) is 1. The number of carbonyl (C=O) groups excluding carboxylic acids is 1. The van der Waals surface area contributed by atoms with E-state index in [0.717, 1.165) is 15.6 Å². The molecule has 0 aliphatic carbocycles. The minimum Gasteiger partial charge on any atom is -0.355 e. The number of halogens is 1. The summed E-state index contributed by atoms with van der Waals surface area (Å²) in [5.41, 5.74) is 1.91. The molecule has 0 spiro atoms. The molecule has 1 aromatic rings. The zero-order valence-corrected chi connectivity index (χ0v) is 12.3. The Morgan fingerprint density at radius 1 is 1.44 bits per heavy atom. The van der Waals surface area contributed by atoms with E-state index < -0.39 is 10.0 Å². The van der Waals surface area contributed by atoms with Gasteiger partial charge in [0.25, 0.3) is 0 Å². The van der Waals surface area contributed by atoms with E-state index in [0.29, 0.717) is 0 Å². The van der Waals surface area contributed by atoms with Gasteiger partial charge in [0.15, 0.2) is 0 Å². The van der Waals surface area contributed by atoms with Gasteiger partial charge in [0.1, 0.15) is 0 Å². The van der Waals surface area contributed by atoms with E-state index in [1.54, 1.807) is 0 Å². The van der Waals surface area contributed by atoms with Gasteiger partial charge in [-0.05, 0) is 30.2 Å². The molecule has 1 aromatic carbocycles. The lowest BCUT2D eigenvalue weighted by molar-refractivity contribution is -0.120. The van der Waals surface area contributed by atoms with Crippen molar-refractivity contribution in [2.45, 2.75) is 13.3 Å². The molecule has 0 aromatic heterocycles. The molecule has 0 radical (unpaired) electrons. The molecule has 0 saturated heterocycles. The zero-order chi connectivity index (χ0) is 13.8. The van der Waals surface area contributed by atoms with Crippen molar-refractivity contribution in [2.75, 3.05) is 12.3 Å². The van der Waals surface area contributed by atoms with Crippen LogP contribution < -0.4 is 10.5 Å². The van der Waals surface area contributed by atoms with Gasteiger partial charge in [-0.2, -0.15) is 0 Å². The summed E-state index contributed by atoms with van der Waals surface area (Å²) in [4.78, 5) is 11.6. The lowest BCUT2D eigenvalue weighted by Gasteiger charge is -2.07. The molecule has 100 valence electrons. The summed E-state index contributed by atoms with van der Waals surface area (Å²) in [6, 6.07) is 5.64. The monoisotopic (exact) mass is 334 g/mol. The Morgan fingerprint density at radius 2 is 2.11 bits per heavy atom. The molecule has 0 bridgehead atoms. The van der Waals surface area contributed by atoms with Crippen LogP contribution in [0.1, 0.15) is 11.1 Å². The maximum atomic E-state index is 11.6. The highest BCUT2D eigenvalue weighted by Crippen LogP contribution is 2.16. The van der Waals surface area contributed by atoms with E-state index in [2.05, 4.69) is 21.2 Å². The van der Waals surface area contributed by atoms with Crippen LogP contribution >= 0.6 is 15.9 Å². The maximum Gasteiger partial charge on any atom is 0.224 e. The molecule has 0 unspecified atom stereocenters. The molecule has 0 aliphatic heterocycles. The van der Waals surface area contributed by atoms with E-state index in [1.807, 2.05) is 25.1 Å². The summed E-state index contributed by atoms with van der Waals surface area (Å²) in [5.74, 6) is -0.470. The third kappa shape index (κ3) is 5.61. The van der Waals surface area contributed by atoms with Gasteiger partial charge < -0.3 is 5.32 Å². The summed E-state index contributed by atoms with van der Waals surface area (Å²) in [6.07, 6.45) is 0.226. The highest BCUT2D eigenvalue weighted by atomic mass is 79.9. The van der Waals surface area contributed by atoms with Gasteiger partial charge in [0.05, 0.1) is 12.2 Å². The average molecular weight is 335 g/mol. The van der Waals surface area contributed by atoms with E-state index >= 15 is 0 Å². The molecule has 0 heterocycles. The van der Waals surface area contributed by atoms with E-state index in [1.165, 1.54) is 0 Å². The molecule has 0 fully saturated rings. The van der Waals surface area contributed by atoms with E-state index in [9.17, 15) is 13.2 Å². The first-order valence-electron chi connectivity index (χ1n) is 5.30. The second-order valence-electron chi connectivity index (χ2n) is 3.96. The van der Waals surface area contributed by atoms with Crippen LogP contribution in [0, 0.1) is 6.92 Å². The highest BCUT2D eigenvalue weighted by Gasteiger charge is 2.08. The number of hydrogen-bond acceptors (Lipinski definition) is 3. The Kier molecular flexibility index (Phi) is 5.30. The van der Waals surface area contributed by atoms with Crippen LogP contribution in [-0.2, 0) is 21.2 Å². The number of rotatable bonds is 5. The van der Waals surface area contributed by atoms with Crippen molar-refractivity contribution in [3.05, 3.63) is 33.8 Å². The molecule has 0 atom stereocenters. The van der Waals surface area contributed by atoms with Crippen LogP contribution in [-0.4, -0.2) is 26.6 Å². The minimum absolute atomic E-state index is 0.0350. The number of nitrogens with two attached hydrogens (primary N) is 1. The molecule has 0 saturated carbocycles. The third-order valence-electron chi connectivity index (χ3n) is 2.36. The SMILES string of the molecule is Cc1cc(Br)ccc1CC(=O)NCCS(N)(=O)=O. The molecule has 5 nitrogen and oxygen atoms in total. The second-order valence-corrected chi connectivity index (χ2v) is 6.61. The van der Waals surface area contributed by atoms with Gasteiger partial charge in [-0.3, -0.25) is 4.79 Å². The Balaban J connectivity index is 2.50. The van der Waals surface area contributed by atoms with Gasteiger partial charge in [-0.15, -0.1) is 0 Å². The average Bonchev–Trinajstić information content (AvgIpc) is 2.20. The highest BCUT2D eigenvalue weighted by molar-refractivity contribution is 9.10. The lowest BCUT2D eigenvalue weighted by Crippen LogP contribution is -2.32. The Bertz CT molecular complexity index is 543. The predicted molar refractivity (Wildman–Crippen MR) is 73.6 cm³/mol. The number of hydrogen-bond donors (Lipinski definition) is 2. The van der Waals surface area contributed by atoms with Crippen LogP contribution in [0.15, 0.2) is 22.7 Å². The second kappa shape index (κ2) is 6.31. The number of aryl methyl sites for hydroxylation is 1. The summed E-state index contributed by atoms with van der Waals surface area (Å²) < 4.78 is 22.3. The smallest absolute Gasteiger partial charge is 0.224 e. The van der Waals surface area contributed by atoms with Gasteiger partial charge in [0.2, 0.25) is 15.9 Å². The minimum atomic E-state index is -3.53. The van der Waals surface area contributed by atoms with Crippen molar-refractivity contribution in [3.63, 3.8) is 0 Å². The first-order chi connectivity index (χ1) is 8.28. The summed E-state index contributed by atoms with van der Waals surface area (Å²) in [7, 11) is -3.53. The van der Waals surface area contributed by atoms with Gasteiger partial charge in [-0.1, -0.05) is 22.0 Å². The molecular formula is C11H15BrN2O3S. The van der Waals surface area contributed by atoms with Gasteiger partial charge in [-0.25, -0.2) is 13.6 Å². The van der Waals surface area contributed by atoms with Crippen LogP contribution in [0.5, 0.6) is 0 Å². The van der Waals surface area contributed by atoms with Crippen molar-refractivity contribution < 1.29 is 13.2 Å². The quantitative estimate of drug-likeness (QED) is 0.830. The third-order valence-corrected chi connectivity index (χ3v) is 3.63. The molecular weight excluding hydrogens is 320 g/mol. The Hall–Kier alpha value is -0.920. The van der Waals surface area contributed by atoms with Crippen molar-refractivity contribution in [1.82, 2.24) is 5.32 Å². The number of carbonyl (C=O) groups is 1. The standard InChI is InChI=1S/C11H15BrN2O3S/c1-8-6-10(12)3-2-9(8)7-11(15)14-4-5-18(13,16)17/h2-3,6H,4-5,7H2,1H3,(H,14,15)(H2,13,16,17). The van der Waals surface area contributed by atoms with Crippen molar-refractivity contribution in [3.8, 4) is 0 Å². The first kappa shape index (κ1) is 15.1. The van der Waals surface area contributed by atoms with Gasteiger partial charge in [0, 0.05) is 11.0 Å². The Labute approximate surface area is 115 Å². The number of sulfonamides is 1. The van der Waals surface area contributed by atoms with Gasteiger partial charge >= 0.3 is 0 Å². The fourth-order valence-corrected chi connectivity index (χ4v) is 2.29. The fourth-order valence-electron chi connectivity index (χ4n) is 1.43. The van der Waals surface area contributed by atoms with Crippen molar-refractivity contribution >= 4 is 31.9 Å². The van der Waals surface area contributed by atoms with E-state index in [4.69, 9.17) is 5.14 Å². The van der Waals surface area contributed by atoms with Crippen LogP contribution in [0.4, 0.5) is 0 Å². The molecule has 1 rings (SSSR count). The predicted octanol–water partition coefficient (Wildman–Crippen LogP) is 0.705. The van der Waals surface area contributed by atoms with Crippen LogP contribution in [0.2, 0.25) is 0 Å². The normalized spacial score (nSPS) is 11.3. The van der Waals surface area contributed by atoms with Crippen molar-refractivity contribution in [1.29, 1.82) is 0 Å². The van der Waals surface area contributed by atoms with Crippen molar-refractivity contribution in [2.24, 2.45) is 5.14 Å². The summed E-state index contributed by atoms with van der Waals surface area (Å²) in [5, 5.41) is 7.35. The molecule has 18 heavy (non-hydrogen) atoms. The zero-order valence-electron chi connectivity index (χ0n) is 9.94. The number of primary sulfonamides is 1. The molecule has 7 heteroatoms. The largest absolute Gasteiger partial charge is 0.355 e. The maximum absolute atomic E-state index is 11.6. The van der Waals surface area contributed by atoms with Crippen LogP contribution in [0.25, 0.3) is 0 Å². The summed E-state index contributed by atoms with van der Waals surface area (Å²) >= 11 is 3.35. The Morgan fingerprint density at radius 3 is 2.67 bits per heavy atom. The fraction of sp³-hybridized carbons (Fsp3) is 0.364. The first-order valence-corrected chi connectivity index (χ1v) is 7.81. The summed E-state index contributed by atoms with van der Waals surface area (Å²) in [6.45, 7) is 1.95. The molecule has 0 aliphatic rings. The van der Waals surface area contributed by atoms with Crippen LogP contribution in [0.3, 0.4) is 0 Å². The number of benzene rings is 1. The molecule has 1 amide bonds. The molecule has 3 N–H and O–H groups in total. The lowest BCUT2D eigenvalue weighted by atomic mass is 10.1. The number of amides is 1. The van der Waals surface area contributed by atoms with E-state index in [-0.39, 0.29) is 24.6 Å². The topological polar surface area (TPSA) is 89.3 Å².